The van der Waals surface area contributed by atoms with E-state index < -0.39 is 11.4 Å². The number of aliphatic hydroxyl groups is 1. The number of aliphatic hydroxyl groups excluding tert-OH is 1. The summed E-state index contributed by atoms with van der Waals surface area (Å²) < 4.78 is 13.5. The molecule has 1 aromatic carbocycles. The van der Waals surface area contributed by atoms with Gasteiger partial charge in [-0.25, -0.2) is 4.39 Å². The van der Waals surface area contributed by atoms with Crippen LogP contribution in [0.15, 0.2) is 12.1 Å². The monoisotopic (exact) mass is 277 g/mol. The molecule has 1 atom stereocenters. The van der Waals surface area contributed by atoms with Gasteiger partial charge in [0.1, 0.15) is 5.82 Å². The lowest BCUT2D eigenvalue weighted by Crippen LogP contribution is -2.44. The lowest BCUT2D eigenvalue weighted by Gasteiger charge is -2.30. The molecule has 1 aliphatic carbocycles. The molecule has 0 heterocycles. The zero-order valence-corrected chi connectivity index (χ0v) is 10.9. The molecule has 2 nitrogen and oxygen atoms in total. The Kier molecular flexibility index (Phi) is 3.64. The van der Waals surface area contributed by atoms with Crippen LogP contribution >= 0.6 is 23.2 Å². The van der Waals surface area contributed by atoms with E-state index in [1.807, 2.05) is 0 Å². The minimum absolute atomic E-state index is 0.00883. The minimum Gasteiger partial charge on any atom is -0.394 e. The van der Waals surface area contributed by atoms with Crippen molar-refractivity contribution >= 4 is 23.2 Å². The summed E-state index contributed by atoms with van der Waals surface area (Å²) in [5.74, 6) is -0.525. The lowest BCUT2D eigenvalue weighted by molar-refractivity contribution is 0.173. The molecule has 94 valence electrons. The van der Waals surface area contributed by atoms with Crippen LogP contribution in [-0.2, 0) is 5.54 Å². The van der Waals surface area contributed by atoms with Crippen molar-refractivity contribution < 1.29 is 9.50 Å². The zero-order chi connectivity index (χ0) is 12.6. The average molecular weight is 278 g/mol. The first-order chi connectivity index (χ1) is 7.96. The Morgan fingerprint density at radius 1 is 1.41 bits per heavy atom. The van der Waals surface area contributed by atoms with Gasteiger partial charge in [0, 0.05) is 11.1 Å². The maximum atomic E-state index is 13.5. The Bertz CT molecular complexity index is 437. The Morgan fingerprint density at radius 3 is 2.59 bits per heavy atom. The van der Waals surface area contributed by atoms with Crippen LogP contribution < -0.4 is 5.32 Å². The number of hydrogen-bond acceptors (Lipinski definition) is 2. The fourth-order valence-electron chi connectivity index (χ4n) is 1.83. The first-order valence-electron chi connectivity index (χ1n) is 5.50. The quantitative estimate of drug-likeness (QED) is 0.829. The number of hydrogen-bond donors (Lipinski definition) is 2. The second-order valence-corrected chi connectivity index (χ2v) is 5.47. The van der Waals surface area contributed by atoms with Gasteiger partial charge in [-0.1, -0.05) is 23.2 Å². The first kappa shape index (κ1) is 13.1. The summed E-state index contributed by atoms with van der Waals surface area (Å²) in [6, 6.07) is 3.04. The maximum Gasteiger partial charge on any atom is 0.142 e. The summed E-state index contributed by atoms with van der Waals surface area (Å²) in [4.78, 5) is 0. The van der Waals surface area contributed by atoms with E-state index in [-0.39, 0.29) is 11.6 Å². The molecule has 1 aromatic rings. The predicted octanol–water partition coefficient (Wildman–Crippen LogP) is 3.09. The summed E-state index contributed by atoms with van der Waals surface area (Å²) in [5.41, 5.74) is -0.195. The van der Waals surface area contributed by atoms with E-state index in [4.69, 9.17) is 23.2 Å². The highest BCUT2D eigenvalue weighted by atomic mass is 35.5. The third-order valence-corrected chi connectivity index (χ3v) is 3.62. The van der Waals surface area contributed by atoms with Crippen molar-refractivity contribution in [3.8, 4) is 0 Å². The highest BCUT2D eigenvalue weighted by molar-refractivity contribution is 6.35. The Hall–Kier alpha value is -0.350. The van der Waals surface area contributed by atoms with Crippen LogP contribution in [0.3, 0.4) is 0 Å². The number of nitrogens with one attached hydrogen (secondary N) is 1. The molecule has 1 unspecified atom stereocenters. The molecule has 2 rings (SSSR count). The smallest absolute Gasteiger partial charge is 0.142 e. The first-order valence-corrected chi connectivity index (χ1v) is 6.25. The fourth-order valence-corrected chi connectivity index (χ4v) is 2.42. The molecule has 1 saturated carbocycles. The molecule has 0 amide bonds. The fraction of sp³-hybridized carbons (Fsp3) is 0.500. The maximum absolute atomic E-state index is 13.5. The molecular formula is C12H14Cl2FNO. The minimum atomic E-state index is -0.732. The van der Waals surface area contributed by atoms with Gasteiger partial charge < -0.3 is 10.4 Å². The molecule has 0 spiro atoms. The average Bonchev–Trinajstić information content (AvgIpc) is 3.07. The largest absolute Gasteiger partial charge is 0.394 e. The third-order valence-electron chi connectivity index (χ3n) is 3.02. The summed E-state index contributed by atoms with van der Waals surface area (Å²) in [6.45, 7) is 1.66. The van der Waals surface area contributed by atoms with Gasteiger partial charge in [0.2, 0.25) is 0 Å². The molecular weight excluding hydrogens is 264 g/mol. The molecule has 2 N–H and O–H groups in total. The van der Waals surface area contributed by atoms with Crippen LogP contribution in [-0.4, -0.2) is 17.8 Å². The van der Waals surface area contributed by atoms with Crippen molar-refractivity contribution in [1.29, 1.82) is 0 Å². The molecule has 5 heteroatoms. The van der Waals surface area contributed by atoms with Crippen molar-refractivity contribution in [3.05, 3.63) is 33.6 Å². The van der Waals surface area contributed by atoms with Crippen molar-refractivity contribution in [2.24, 2.45) is 0 Å². The molecule has 0 bridgehead atoms. The van der Waals surface area contributed by atoms with Gasteiger partial charge in [0.05, 0.1) is 17.2 Å². The van der Waals surface area contributed by atoms with E-state index in [0.29, 0.717) is 16.6 Å². The second kappa shape index (κ2) is 4.73. The van der Waals surface area contributed by atoms with Crippen molar-refractivity contribution in [2.45, 2.75) is 31.3 Å². The number of rotatable bonds is 4. The van der Waals surface area contributed by atoms with Gasteiger partial charge in [0.25, 0.3) is 0 Å². The van der Waals surface area contributed by atoms with Gasteiger partial charge in [-0.2, -0.15) is 0 Å². The van der Waals surface area contributed by atoms with Crippen LogP contribution in [0.5, 0.6) is 0 Å². The van der Waals surface area contributed by atoms with Gasteiger partial charge in [-0.05, 0) is 37.5 Å². The standard InChI is InChI=1S/C12H14Cl2FNO/c1-12(6-17,16-7-2-3-7)8-4-11(15)10(14)5-9(8)13/h4-5,7,16-17H,2-3,6H2,1H3. The van der Waals surface area contributed by atoms with Gasteiger partial charge in [0.15, 0.2) is 0 Å². The van der Waals surface area contributed by atoms with E-state index in [0.717, 1.165) is 12.8 Å². The summed E-state index contributed by atoms with van der Waals surface area (Å²) in [7, 11) is 0. The number of benzene rings is 1. The van der Waals surface area contributed by atoms with Crippen LogP contribution in [0, 0.1) is 5.82 Å². The SMILES string of the molecule is CC(CO)(NC1CC1)c1cc(F)c(Cl)cc1Cl. The normalized spacial score (nSPS) is 19.1. The van der Waals surface area contributed by atoms with Crippen LogP contribution in [0.4, 0.5) is 4.39 Å². The predicted molar refractivity (Wildman–Crippen MR) is 67.0 cm³/mol. The molecule has 1 aliphatic rings. The number of halogens is 3. The van der Waals surface area contributed by atoms with Crippen molar-refractivity contribution in [2.75, 3.05) is 6.61 Å². The van der Waals surface area contributed by atoms with Crippen molar-refractivity contribution in [1.82, 2.24) is 5.32 Å². The highest BCUT2D eigenvalue weighted by Crippen LogP contribution is 2.34. The Labute approximate surface area is 110 Å². The molecule has 0 aromatic heterocycles. The van der Waals surface area contributed by atoms with Crippen molar-refractivity contribution in [3.63, 3.8) is 0 Å². The van der Waals surface area contributed by atoms with Gasteiger partial charge in [-0.3, -0.25) is 0 Å². The molecule has 0 saturated heterocycles. The van der Waals surface area contributed by atoms with Gasteiger partial charge in [-0.15, -0.1) is 0 Å². The summed E-state index contributed by atoms with van der Waals surface area (Å²) in [6.07, 6.45) is 2.15. The zero-order valence-electron chi connectivity index (χ0n) is 9.43. The van der Waals surface area contributed by atoms with Gasteiger partial charge >= 0.3 is 0 Å². The lowest BCUT2D eigenvalue weighted by atomic mass is 9.92. The van der Waals surface area contributed by atoms with E-state index in [1.165, 1.54) is 12.1 Å². The van der Waals surface area contributed by atoms with E-state index in [2.05, 4.69) is 5.32 Å². The van der Waals surface area contributed by atoms with E-state index >= 15 is 0 Å². The Balaban J connectivity index is 2.38. The molecule has 1 fully saturated rings. The molecule has 17 heavy (non-hydrogen) atoms. The summed E-state index contributed by atoms with van der Waals surface area (Å²) in [5, 5.41) is 13.2. The van der Waals surface area contributed by atoms with Crippen LogP contribution in [0.2, 0.25) is 10.0 Å². The summed E-state index contributed by atoms with van der Waals surface area (Å²) >= 11 is 11.7. The van der Waals surface area contributed by atoms with Crippen LogP contribution in [0.25, 0.3) is 0 Å². The molecule has 0 aliphatic heterocycles. The topological polar surface area (TPSA) is 32.3 Å². The third kappa shape index (κ3) is 2.74. The highest BCUT2D eigenvalue weighted by Gasteiger charge is 2.35. The second-order valence-electron chi connectivity index (χ2n) is 4.65. The van der Waals surface area contributed by atoms with Crippen LogP contribution in [0.1, 0.15) is 25.3 Å². The van der Waals surface area contributed by atoms with E-state index in [1.54, 1.807) is 6.92 Å². The Morgan fingerprint density at radius 2 is 2.06 bits per heavy atom. The molecule has 0 radical (unpaired) electrons. The van der Waals surface area contributed by atoms with E-state index in [9.17, 15) is 9.50 Å².